The van der Waals surface area contributed by atoms with Crippen LogP contribution in [0.2, 0.25) is 0 Å². The van der Waals surface area contributed by atoms with Crippen LogP contribution in [0.5, 0.6) is 0 Å². The third-order valence-corrected chi connectivity index (χ3v) is 14.6. The summed E-state index contributed by atoms with van der Waals surface area (Å²) in [5.41, 5.74) is 7.06. The van der Waals surface area contributed by atoms with Crippen molar-refractivity contribution in [1.82, 2.24) is 4.57 Å². The Labute approximate surface area is 191 Å². The molecule has 3 aromatic rings. The van der Waals surface area contributed by atoms with Crippen molar-refractivity contribution in [2.75, 3.05) is 0 Å². The van der Waals surface area contributed by atoms with Gasteiger partial charge >= 0.3 is 168 Å². The number of rotatable bonds is 2. The molecule has 2 aliphatic carbocycles. The first-order valence-corrected chi connectivity index (χ1v) is 15.1. The van der Waals surface area contributed by atoms with Crippen LogP contribution >= 0.6 is 24.8 Å². The first-order valence-electron chi connectivity index (χ1n) is 8.45. The van der Waals surface area contributed by atoms with E-state index in [1.54, 1.807) is 0 Å². The molecule has 0 amide bonds. The summed E-state index contributed by atoms with van der Waals surface area (Å²) in [5.74, 6) is 0. The van der Waals surface area contributed by atoms with Gasteiger partial charge < -0.3 is 24.8 Å². The molecule has 0 radical (unpaired) electrons. The Morgan fingerprint density at radius 1 is 1.11 bits per heavy atom. The molecule has 0 atom stereocenters. The number of benzene rings is 2. The molecule has 2 aliphatic rings. The second-order valence-corrected chi connectivity index (χ2v) is 14.4. The van der Waals surface area contributed by atoms with Crippen molar-refractivity contribution in [2.24, 2.45) is 7.05 Å². The van der Waals surface area contributed by atoms with Crippen molar-refractivity contribution in [3.63, 3.8) is 0 Å². The van der Waals surface area contributed by atoms with Crippen LogP contribution in [0, 0.1) is 0 Å². The third kappa shape index (κ3) is 3.22. The zero-order valence-electron chi connectivity index (χ0n) is 14.6. The van der Waals surface area contributed by atoms with Crippen LogP contribution in [0.15, 0.2) is 62.4 Å². The summed E-state index contributed by atoms with van der Waals surface area (Å²) in [6.45, 7) is 0. The molecular weight excluding hydrogens is 540 g/mol. The van der Waals surface area contributed by atoms with E-state index in [0.717, 1.165) is 12.8 Å². The maximum atomic E-state index is 6.16. The third-order valence-electron chi connectivity index (χ3n) is 5.39. The summed E-state index contributed by atoms with van der Waals surface area (Å²) < 4.78 is 6.59. The molecule has 0 N–H and O–H groups in total. The van der Waals surface area contributed by atoms with Gasteiger partial charge in [-0.2, -0.15) is 0 Å². The van der Waals surface area contributed by atoms with Gasteiger partial charge in [-0.1, -0.05) is 0 Å². The fourth-order valence-corrected chi connectivity index (χ4v) is 12.9. The number of hydrogen-bond acceptors (Lipinski definition) is 1. The topological polar surface area (TPSA) is 4.93 Å². The SMILES string of the molecule is Cn1c2c(c3ccccc31)-c1ccc(Br)[c]([Zr+2](=[S])[C]3=CC=CC3)c1C2.[Cl-].[Cl-]. The molecule has 0 unspecified atom stereocenters. The molecule has 27 heavy (non-hydrogen) atoms. The van der Waals surface area contributed by atoms with Gasteiger partial charge in [0.2, 0.25) is 0 Å². The molecule has 1 nitrogen and oxygen atoms in total. The molecule has 136 valence electrons. The van der Waals surface area contributed by atoms with Gasteiger partial charge in [-0.15, -0.1) is 0 Å². The van der Waals surface area contributed by atoms with Gasteiger partial charge in [-0.05, 0) is 0 Å². The minimum atomic E-state index is -2.21. The molecule has 0 spiro atoms. The van der Waals surface area contributed by atoms with Crippen molar-refractivity contribution in [2.45, 2.75) is 12.8 Å². The summed E-state index contributed by atoms with van der Waals surface area (Å²) in [4.78, 5) is 0. The number of para-hydroxylation sites is 1. The Kier molecular flexibility index (Phi) is 6.45. The molecule has 6 heteroatoms. The quantitative estimate of drug-likeness (QED) is 0.329. The van der Waals surface area contributed by atoms with Crippen molar-refractivity contribution in [3.05, 3.63) is 73.6 Å². The number of hydrogen-bond donors (Lipinski definition) is 0. The van der Waals surface area contributed by atoms with E-state index in [9.17, 15) is 0 Å². The fraction of sp³-hybridized carbons (Fsp3) is 0.143. The molecule has 5 rings (SSSR count). The van der Waals surface area contributed by atoms with Gasteiger partial charge in [0.1, 0.15) is 0 Å². The average Bonchev–Trinajstić information content (AvgIpc) is 3.32. The molecule has 1 aromatic heterocycles. The fourth-order valence-electron chi connectivity index (χ4n) is 4.18. The second kappa shape index (κ2) is 8.16. The van der Waals surface area contributed by atoms with Crippen LogP contribution in [-0.4, -0.2) is 4.57 Å². The molecule has 0 fully saturated rings. The van der Waals surface area contributed by atoms with E-state index in [0.29, 0.717) is 0 Å². The minimum Gasteiger partial charge on any atom is -1.00 e. The Bertz CT molecular complexity index is 1150. The van der Waals surface area contributed by atoms with Crippen LogP contribution in [0.3, 0.4) is 0 Å². The van der Waals surface area contributed by atoms with Crippen molar-refractivity contribution in [3.8, 4) is 11.1 Å². The van der Waals surface area contributed by atoms with Gasteiger partial charge in [0.15, 0.2) is 0 Å². The molecule has 0 bridgehead atoms. The Morgan fingerprint density at radius 2 is 1.89 bits per heavy atom. The number of nitrogens with zero attached hydrogens (tertiary/aromatic N) is 1. The number of aromatic nitrogens is 1. The summed E-state index contributed by atoms with van der Waals surface area (Å²) >= 11 is 1.61. The smallest absolute Gasteiger partial charge is 1.00 e. The van der Waals surface area contributed by atoms with E-state index < -0.39 is 19.7 Å². The standard InChI is InChI=1S/C16H11BrN.C5H5.2ClH.S.Zr/c1-18-14-5-3-2-4-13(14)16-12-7-6-11(17)8-10(12)9-15(16)18;1-2-4-5-3-1;;;;/h2-7H,9H2,1H3;1-3H,4H2;2*1H;;/q;;;;;+2/p-2. The van der Waals surface area contributed by atoms with Crippen molar-refractivity contribution in [1.29, 1.82) is 0 Å². The van der Waals surface area contributed by atoms with Crippen LogP contribution in [0.25, 0.3) is 22.0 Å². The monoisotopic (exact) mass is 553 g/mol. The van der Waals surface area contributed by atoms with Crippen molar-refractivity contribution >= 4 is 39.0 Å². The van der Waals surface area contributed by atoms with E-state index >= 15 is 0 Å². The Balaban J connectivity index is 0.00000105. The molecule has 1 heterocycles. The van der Waals surface area contributed by atoms with Crippen LogP contribution in [0.1, 0.15) is 17.7 Å². The number of halogens is 3. The predicted molar refractivity (Wildman–Crippen MR) is 108 cm³/mol. The van der Waals surface area contributed by atoms with Gasteiger partial charge in [0.05, 0.1) is 0 Å². The van der Waals surface area contributed by atoms with Crippen LogP contribution in [0.4, 0.5) is 0 Å². The zero-order chi connectivity index (χ0) is 17.1. The van der Waals surface area contributed by atoms with Gasteiger partial charge in [-0.3, -0.25) is 0 Å². The van der Waals surface area contributed by atoms with E-state index in [2.05, 4.69) is 82.2 Å². The number of fused-ring (bicyclic) bond motifs is 5. The summed E-state index contributed by atoms with van der Waals surface area (Å²) in [5, 5.41) is 1.36. The van der Waals surface area contributed by atoms with Gasteiger partial charge in [0, 0.05) is 0 Å². The normalized spacial score (nSPS) is 13.3. The van der Waals surface area contributed by atoms with E-state index in [1.807, 2.05) is 0 Å². The van der Waals surface area contributed by atoms with Gasteiger partial charge in [-0.25, -0.2) is 0 Å². The maximum Gasteiger partial charge on any atom is -1.00 e. The largest absolute Gasteiger partial charge is 1.00 e. The zero-order valence-corrected chi connectivity index (χ0v) is 21.0. The average molecular weight is 556 g/mol. The van der Waals surface area contributed by atoms with Crippen LogP contribution < -0.4 is 28.1 Å². The van der Waals surface area contributed by atoms with Gasteiger partial charge in [0.25, 0.3) is 0 Å². The van der Waals surface area contributed by atoms with E-state index in [1.165, 1.54) is 44.3 Å². The second-order valence-electron chi connectivity index (χ2n) is 6.68. The molecule has 0 saturated heterocycles. The maximum absolute atomic E-state index is 6.16. The minimum absolute atomic E-state index is 0. The first kappa shape index (κ1) is 21.3. The Hall–Kier alpha value is -0.377. The number of aryl methyl sites for hydroxylation is 1. The van der Waals surface area contributed by atoms with Crippen LogP contribution in [-0.2, 0) is 33.2 Å². The number of allylic oxidation sites excluding steroid dienone is 4. The Morgan fingerprint density at radius 3 is 2.63 bits per heavy atom. The summed E-state index contributed by atoms with van der Waals surface area (Å²) in [6.07, 6.45) is 8.74. The van der Waals surface area contributed by atoms with E-state index in [4.69, 9.17) is 8.86 Å². The first-order chi connectivity index (χ1) is 12.2. The molecule has 0 saturated carbocycles. The molecular formula is C21H16BrCl2NSZr. The molecule has 0 aliphatic heterocycles. The summed E-state index contributed by atoms with van der Waals surface area (Å²) in [7, 11) is 8.35. The van der Waals surface area contributed by atoms with Crippen molar-refractivity contribution < 1.29 is 44.5 Å². The predicted octanol–water partition coefficient (Wildman–Crippen LogP) is -0.280. The molecule has 2 aromatic carbocycles. The summed E-state index contributed by atoms with van der Waals surface area (Å²) in [6, 6.07) is 13.2. The van der Waals surface area contributed by atoms with E-state index in [-0.39, 0.29) is 24.8 Å².